The van der Waals surface area contributed by atoms with Crippen LogP contribution in [0.4, 0.5) is 11.4 Å². The Balaban J connectivity index is 3.20. The van der Waals surface area contributed by atoms with Crippen molar-refractivity contribution >= 4 is 23.0 Å². The van der Waals surface area contributed by atoms with E-state index in [-0.39, 0.29) is 16.5 Å². The second-order valence-electron chi connectivity index (χ2n) is 5.91. The first-order chi connectivity index (χ1) is 9.35. The lowest BCUT2D eigenvalue weighted by Crippen LogP contribution is -2.31. The molecule has 0 bridgehead atoms. The molecule has 0 atom stereocenters. The van der Waals surface area contributed by atoms with Crippen LogP contribution in [0.1, 0.15) is 33.3 Å². The summed E-state index contributed by atoms with van der Waals surface area (Å²) in [5.74, 6) is 1.18. The molecule has 0 aromatic heterocycles. The minimum atomic E-state index is -0.320. The monoisotopic (exact) mass is 298 g/mol. The second-order valence-corrected chi connectivity index (χ2v) is 6.17. The molecule has 0 aliphatic heterocycles. The Kier molecular flexibility index (Phi) is 6.27. The molecular weight excluding hydrogens is 276 g/mol. The number of halogens is 1. The molecule has 0 aliphatic rings. The highest BCUT2D eigenvalue weighted by atomic mass is 35.5. The molecule has 4 nitrogen and oxygen atoms in total. The number of anilines is 1. The molecule has 0 spiro atoms. The van der Waals surface area contributed by atoms with Crippen LogP contribution in [0.3, 0.4) is 0 Å². The first-order valence-electron chi connectivity index (χ1n) is 6.93. The van der Waals surface area contributed by atoms with E-state index in [9.17, 15) is 10.1 Å². The van der Waals surface area contributed by atoms with Gasteiger partial charge in [-0.2, -0.15) is 0 Å². The molecule has 0 fully saturated rings. The fourth-order valence-corrected chi connectivity index (χ4v) is 2.38. The van der Waals surface area contributed by atoms with Crippen molar-refractivity contribution in [2.75, 3.05) is 18.0 Å². The normalized spacial score (nSPS) is 11.2. The van der Waals surface area contributed by atoms with Gasteiger partial charge in [0, 0.05) is 25.0 Å². The van der Waals surface area contributed by atoms with Crippen LogP contribution in [0, 0.1) is 22.0 Å². The summed E-state index contributed by atoms with van der Waals surface area (Å²) >= 11 is 5.77. The summed E-state index contributed by atoms with van der Waals surface area (Å²) in [6, 6.07) is 5.26. The first-order valence-corrected chi connectivity index (χ1v) is 7.46. The molecule has 1 rings (SSSR count). The van der Waals surface area contributed by atoms with Crippen LogP contribution in [0.2, 0.25) is 0 Å². The molecule has 5 heteroatoms. The summed E-state index contributed by atoms with van der Waals surface area (Å²) in [6.45, 7) is 10.1. The van der Waals surface area contributed by atoms with Crippen molar-refractivity contribution in [2.45, 2.75) is 33.6 Å². The molecule has 0 saturated heterocycles. The zero-order valence-corrected chi connectivity index (χ0v) is 13.4. The van der Waals surface area contributed by atoms with Crippen molar-refractivity contribution in [1.29, 1.82) is 0 Å². The molecule has 0 saturated carbocycles. The van der Waals surface area contributed by atoms with Crippen LogP contribution in [-0.2, 0) is 5.88 Å². The predicted octanol–water partition coefficient (Wildman–Crippen LogP) is 4.45. The van der Waals surface area contributed by atoms with Crippen molar-refractivity contribution in [2.24, 2.45) is 11.8 Å². The fraction of sp³-hybridized carbons (Fsp3) is 0.600. The van der Waals surface area contributed by atoms with Gasteiger partial charge in [-0.25, -0.2) is 0 Å². The third kappa shape index (κ3) is 4.67. The van der Waals surface area contributed by atoms with Crippen LogP contribution < -0.4 is 4.90 Å². The average molecular weight is 299 g/mol. The van der Waals surface area contributed by atoms with Crippen molar-refractivity contribution in [1.82, 2.24) is 0 Å². The standard InChI is InChI=1S/C15H23ClN2O2/c1-11(2)9-17(10-12(3)4)14-6-5-13(8-16)7-15(14)18(19)20/h5-7,11-12H,8-10H2,1-4H3. The zero-order valence-electron chi connectivity index (χ0n) is 12.6. The number of nitro groups is 1. The highest BCUT2D eigenvalue weighted by Gasteiger charge is 2.21. The number of nitrogens with zero attached hydrogens (tertiary/aromatic N) is 2. The molecule has 1 aromatic rings. The van der Waals surface area contributed by atoms with E-state index in [1.807, 2.05) is 12.1 Å². The van der Waals surface area contributed by atoms with E-state index in [4.69, 9.17) is 11.6 Å². The summed E-state index contributed by atoms with van der Waals surface area (Å²) in [4.78, 5) is 13.1. The van der Waals surface area contributed by atoms with Gasteiger partial charge in [0.25, 0.3) is 5.69 Å². The van der Waals surface area contributed by atoms with Crippen molar-refractivity contribution in [3.05, 3.63) is 33.9 Å². The van der Waals surface area contributed by atoms with E-state index in [1.54, 1.807) is 6.07 Å². The molecule has 0 radical (unpaired) electrons. The highest BCUT2D eigenvalue weighted by molar-refractivity contribution is 6.17. The molecule has 0 unspecified atom stereocenters. The Bertz CT molecular complexity index is 451. The largest absolute Gasteiger partial charge is 0.365 e. The fourth-order valence-electron chi connectivity index (χ4n) is 2.22. The third-order valence-electron chi connectivity index (χ3n) is 2.90. The van der Waals surface area contributed by atoms with Crippen LogP contribution in [0.15, 0.2) is 18.2 Å². The highest BCUT2D eigenvalue weighted by Crippen LogP contribution is 2.31. The number of benzene rings is 1. The number of alkyl halides is 1. The molecule has 0 aliphatic carbocycles. The molecule has 0 N–H and O–H groups in total. The Morgan fingerprint density at radius 3 is 2.15 bits per heavy atom. The number of hydrogen-bond acceptors (Lipinski definition) is 3. The molecular formula is C15H23ClN2O2. The van der Waals surface area contributed by atoms with E-state index < -0.39 is 0 Å². The second kappa shape index (κ2) is 7.48. The van der Waals surface area contributed by atoms with Gasteiger partial charge in [-0.1, -0.05) is 33.8 Å². The Morgan fingerprint density at radius 2 is 1.75 bits per heavy atom. The van der Waals surface area contributed by atoms with Gasteiger partial charge in [0.15, 0.2) is 0 Å². The topological polar surface area (TPSA) is 46.4 Å². The van der Waals surface area contributed by atoms with E-state index in [1.165, 1.54) is 0 Å². The van der Waals surface area contributed by atoms with Crippen LogP contribution in [-0.4, -0.2) is 18.0 Å². The smallest absolute Gasteiger partial charge is 0.292 e. The summed E-state index contributed by atoms with van der Waals surface area (Å²) < 4.78 is 0. The van der Waals surface area contributed by atoms with Gasteiger partial charge in [0.1, 0.15) is 5.69 Å². The van der Waals surface area contributed by atoms with Gasteiger partial charge < -0.3 is 4.90 Å². The summed E-state index contributed by atoms with van der Waals surface area (Å²) in [6.07, 6.45) is 0. The van der Waals surface area contributed by atoms with E-state index in [0.717, 1.165) is 18.7 Å². The van der Waals surface area contributed by atoms with Crippen molar-refractivity contribution in [3.63, 3.8) is 0 Å². The van der Waals surface area contributed by atoms with Crippen molar-refractivity contribution in [3.8, 4) is 0 Å². The molecule has 112 valence electrons. The number of rotatable bonds is 7. The van der Waals surface area contributed by atoms with Crippen molar-refractivity contribution < 1.29 is 4.92 Å². The molecule has 20 heavy (non-hydrogen) atoms. The van der Waals surface area contributed by atoms with E-state index in [0.29, 0.717) is 17.5 Å². The Hall–Kier alpha value is -1.29. The van der Waals surface area contributed by atoms with Gasteiger partial charge >= 0.3 is 0 Å². The van der Waals surface area contributed by atoms with Gasteiger partial charge in [0.2, 0.25) is 0 Å². The third-order valence-corrected chi connectivity index (χ3v) is 3.21. The molecule has 1 aromatic carbocycles. The van der Waals surface area contributed by atoms with E-state index >= 15 is 0 Å². The van der Waals surface area contributed by atoms with Crippen LogP contribution in [0.25, 0.3) is 0 Å². The number of hydrogen-bond donors (Lipinski definition) is 0. The van der Waals surface area contributed by atoms with Gasteiger partial charge in [-0.3, -0.25) is 10.1 Å². The Labute approximate surface area is 125 Å². The lowest BCUT2D eigenvalue weighted by Gasteiger charge is -2.28. The maximum atomic E-state index is 11.3. The number of nitro benzene ring substituents is 1. The van der Waals surface area contributed by atoms with E-state index in [2.05, 4.69) is 32.6 Å². The minimum absolute atomic E-state index is 0.143. The zero-order chi connectivity index (χ0) is 15.3. The summed E-state index contributed by atoms with van der Waals surface area (Å²) in [5, 5.41) is 11.3. The van der Waals surface area contributed by atoms with Gasteiger partial charge in [-0.05, 0) is 23.5 Å². The summed E-state index contributed by atoms with van der Waals surface area (Å²) in [7, 11) is 0. The lowest BCUT2D eigenvalue weighted by molar-refractivity contribution is -0.384. The maximum absolute atomic E-state index is 11.3. The molecule has 0 amide bonds. The van der Waals surface area contributed by atoms with Gasteiger partial charge in [0.05, 0.1) is 4.92 Å². The van der Waals surface area contributed by atoms with Crippen LogP contribution in [0.5, 0.6) is 0 Å². The quantitative estimate of drug-likeness (QED) is 0.424. The lowest BCUT2D eigenvalue weighted by atomic mass is 10.1. The summed E-state index contributed by atoms with van der Waals surface area (Å²) in [5.41, 5.74) is 1.60. The minimum Gasteiger partial charge on any atom is -0.365 e. The predicted molar refractivity (Wildman–Crippen MR) is 84.5 cm³/mol. The maximum Gasteiger partial charge on any atom is 0.292 e. The SMILES string of the molecule is CC(C)CN(CC(C)C)c1ccc(CCl)cc1[N+](=O)[O-]. The van der Waals surface area contributed by atoms with Gasteiger partial charge in [-0.15, -0.1) is 11.6 Å². The average Bonchev–Trinajstić information content (AvgIpc) is 2.36. The molecule has 0 heterocycles. The van der Waals surface area contributed by atoms with Crippen LogP contribution >= 0.6 is 11.6 Å². The Morgan fingerprint density at radius 1 is 1.20 bits per heavy atom. The first kappa shape index (κ1) is 16.8.